The first-order valence-corrected chi connectivity index (χ1v) is 10.9. The second-order valence-electron chi connectivity index (χ2n) is 7.89. The van der Waals surface area contributed by atoms with Gasteiger partial charge in [-0.3, -0.25) is 9.69 Å². The molecule has 0 spiro atoms. The molecule has 2 atom stereocenters. The Labute approximate surface area is 195 Å². The second kappa shape index (κ2) is 11.1. The van der Waals surface area contributed by atoms with Crippen molar-refractivity contribution in [3.8, 4) is 23.6 Å². The van der Waals surface area contributed by atoms with Crippen LogP contribution in [0.5, 0.6) is 11.5 Å². The van der Waals surface area contributed by atoms with Crippen LogP contribution in [0.1, 0.15) is 31.9 Å². The summed E-state index contributed by atoms with van der Waals surface area (Å²) in [5.74, 6) is 1.28. The number of nitriles is 2. The Bertz CT molecular complexity index is 1030. The fraction of sp³-hybridized carbons (Fsp3) is 0.296. The number of likely N-dealkylation sites (N-methyl/N-ethyl adjacent to an activating group) is 1. The highest BCUT2D eigenvalue weighted by atomic mass is 16.5. The third-order valence-corrected chi connectivity index (χ3v) is 5.25. The van der Waals surface area contributed by atoms with Crippen molar-refractivity contribution in [3.63, 3.8) is 0 Å². The van der Waals surface area contributed by atoms with Gasteiger partial charge in [-0.1, -0.05) is 31.2 Å². The molecule has 1 aliphatic heterocycles. The van der Waals surface area contributed by atoms with E-state index in [1.807, 2.05) is 48.6 Å². The topological polar surface area (TPSA) is 86.3 Å². The number of likely N-dealkylation sites (tertiary alicyclic amines) is 1. The molecule has 0 aliphatic carbocycles. The van der Waals surface area contributed by atoms with E-state index in [1.54, 1.807) is 38.1 Å². The van der Waals surface area contributed by atoms with Crippen LogP contribution in [0.2, 0.25) is 0 Å². The van der Waals surface area contributed by atoms with Crippen LogP contribution < -0.4 is 9.47 Å². The molecule has 6 nitrogen and oxygen atoms in total. The van der Waals surface area contributed by atoms with Gasteiger partial charge in [0.15, 0.2) is 18.0 Å². The van der Waals surface area contributed by atoms with Crippen molar-refractivity contribution in [1.29, 1.82) is 10.5 Å². The van der Waals surface area contributed by atoms with Gasteiger partial charge in [0.25, 0.3) is 0 Å². The molecule has 0 saturated carbocycles. The molecule has 1 fully saturated rings. The molecular weight excluding hydrogens is 414 g/mol. The van der Waals surface area contributed by atoms with E-state index in [4.69, 9.17) is 20.0 Å². The Hall–Kier alpha value is -3.87. The van der Waals surface area contributed by atoms with Gasteiger partial charge in [0.05, 0.1) is 0 Å². The fourth-order valence-corrected chi connectivity index (χ4v) is 3.48. The molecule has 2 aromatic carbocycles. The van der Waals surface area contributed by atoms with Gasteiger partial charge in [0.2, 0.25) is 0 Å². The fourth-order valence-electron chi connectivity index (χ4n) is 3.48. The van der Waals surface area contributed by atoms with Crippen molar-refractivity contribution >= 4 is 17.9 Å². The summed E-state index contributed by atoms with van der Waals surface area (Å²) in [5, 5.41) is 17.8. The maximum atomic E-state index is 13.2. The maximum absolute atomic E-state index is 13.2. The van der Waals surface area contributed by atoms with E-state index in [-0.39, 0.29) is 5.78 Å². The molecule has 1 aliphatic rings. The Morgan fingerprint density at radius 2 is 1.24 bits per heavy atom. The van der Waals surface area contributed by atoms with Crippen LogP contribution in [0.4, 0.5) is 0 Å². The molecule has 1 heterocycles. The van der Waals surface area contributed by atoms with Crippen LogP contribution in [0.3, 0.4) is 0 Å². The quantitative estimate of drug-likeness (QED) is 0.582. The third kappa shape index (κ3) is 6.55. The molecule has 33 heavy (non-hydrogen) atoms. The van der Waals surface area contributed by atoms with Gasteiger partial charge in [-0.25, -0.2) is 0 Å². The zero-order valence-corrected chi connectivity index (χ0v) is 19.1. The van der Waals surface area contributed by atoms with Crippen molar-refractivity contribution in [2.24, 2.45) is 0 Å². The number of rotatable bonds is 7. The Kier molecular flexibility index (Phi) is 8.02. The van der Waals surface area contributed by atoms with Gasteiger partial charge >= 0.3 is 0 Å². The van der Waals surface area contributed by atoms with Crippen LogP contribution in [-0.4, -0.2) is 42.5 Å². The lowest BCUT2D eigenvalue weighted by molar-refractivity contribution is -0.113. The molecule has 0 bridgehead atoms. The lowest BCUT2D eigenvalue weighted by Crippen LogP contribution is -2.37. The lowest BCUT2D eigenvalue weighted by atomic mass is 9.94. The number of ether oxygens (including phenoxy) is 2. The van der Waals surface area contributed by atoms with E-state index in [9.17, 15) is 4.79 Å². The van der Waals surface area contributed by atoms with E-state index in [0.29, 0.717) is 24.6 Å². The van der Waals surface area contributed by atoms with Gasteiger partial charge in [-0.15, -0.1) is 0 Å². The molecule has 3 rings (SSSR count). The standard InChI is InChI=1S/C27H27N3O3/c1-4-30-17-23(13-21-5-9-25(10-6-21)32-19(2)15-28)27(31)24(18-30)14-22-7-11-26(12-8-22)33-20(3)16-29/h5-14,19-20H,4,17-18H2,1-3H3/b23-13-,24-14+. The molecule has 6 heteroatoms. The van der Waals surface area contributed by atoms with Gasteiger partial charge in [0, 0.05) is 24.2 Å². The van der Waals surface area contributed by atoms with Crippen LogP contribution in [0, 0.1) is 22.7 Å². The van der Waals surface area contributed by atoms with E-state index in [2.05, 4.69) is 11.8 Å². The zero-order chi connectivity index (χ0) is 23.8. The Balaban J connectivity index is 1.80. The minimum atomic E-state index is -0.518. The zero-order valence-electron chi connectivity index (χ0n) is 19.1. The van der Waals surface area contributed by atoms with Crippen molar-refractivity contribution in [2.75, 3.05) is 19.6 Å². The molecule has 0 radical (unpaired) electrons. The van der Waals surface area contributed by atoms with Crippen LogP contribution in [0.15, 0.2) is 59.7 Å². The number of carbonyl (C=O) groups excluding carboxylic acids is 1. The van der Waals surface area contributed by atoms with Gasteiger partial charge in [-0.2, -0.15) is 10.5 Å². The highest BCUT2D eigenvalue weighted by molar-refractivity contribution is 6.14. The predicted molar refractivity (Wildman–Crippen MR) is 127 cm³/mol. The first-order valence-electron chi connectivity index (χ1n) is 10.9. The molecule has 2 unspecified atom stereocenters. The number of carbonyl (C=O) groups is 1. The summed E-state index contributed by atoms with van der Waals surface area (Å²) in [7, 11) is 0. The first kappa shape index (κ1) is 23.8. The molecule has 0 aromatic heterocycles. The summed E-state index contributed by atoms with van der Waals surface area (Å²) in [6, 6.07) is 18.8. The smallest absolute Gasteiger partial charge is 0.187 e. The normalized spacial score (nSPS) is 18.4. The lowest BCUT2D eigenvalue weighted by Gasteiger charge is -2.28. The van der Waals surface area contributed by atoms with Crippen molar-refractivity contribution in [1.82, 2.24) is 4.90 Å². The summed E-state index contributed by atoms with van der Waals surface area (Å²) in [5.41, 5.74) is 3.27. The molecule has 2 aromatic rings. The number of hydrogen-bond acceptors (Lipinski definition) is 6. The number of ketones is 1. The number of Topliss-reactive ketones (excluding diaryl/α,β-unsaturated/α-hetero) is 1. The first-order chi connectivity index (χ1) is 15.9. The molecule has 0 amide bonds. The van der Waals surface area contributed by atoms with Crippen LogP contribution in [-0.2, 0) is 4.79 Å². The maximum Gasteiger partial charge on any atom is 0.187 e. The molecule has 1 saturated heterocycles. The third-order valence-electron chi connectivity index (χ3n) is 5.25. The Morgan fingerprint density at radius 3 is 1.58 bits per heavy atom. The van der Waals surface area contributed by atoms with E-state index >= 15 is 0 Å². The SMILES string of the molecule is CCN1C/C(=C/c2ccc(OC(C)C#N)cc2)C(=O)/C(=C/c2ccc(OC(C)C#N)cc2)C1. The monoisotopic (exact) mass is 441 g/mol. The molecule has 168 valence electrons. The average molecular weight is 442 g/mol. The van der Waals surface area contributed by atoms with Crippen molar-refractivity contribution in [2.45, 2.75) is 33.0 Å². The van der Waals surface area contributed by atoms with Gasteiger partial charge in [0.1, 0.15) is 23.6 Å². The molecule has 0 N–H and O–H groups in total. The molecular formula is C27H27N3O3. The number of benzene rings is 2. The van der Waals surface area contributed by atoms with Gasteiger partial charge < -0.3 is 9.47 Å². The van der Waals surface area contributed by atoms with Crippen LogP contribution in [0.25, 0.3) is 12.2 Å². The number of hydrogen-bond donors (Lipinski definition) is 0. The highest BCUT2D eigenvalue weighted by Crippen LogP contribution is 2.24. The average Bonchev–Trinajstić information content (AvgIpc) is 2.83. The summed E-state index contributed by atoms with van der Waals surface area (Å²) in [6.45, 7) is 7.48. The predicted octanol–water partition coefficient (Wildman–Crippen LogP) is 4.64. The van der Waals surface area contributed by atoms with Crippen molar-refractivity contribution < 1.29 is 14.3 Å². The van der Waals surface area contributed by atoms with E-state index < -0.39 is 12.2 Å². The minimum absolute atomic E-state index is 0.0385. The van der Waals surface area contributed by atoms with Crippen LogP contribution >= 0.6 is 0 Å². The van der Waals surface area contributed by atoms with Crippen molar-refractivity contribution in [3.05, 3.63) is 70.8 Å². The highest BCUT2D eigenvalue weighted by Gasteiger charge is 2.25. The van der Waals surface area contributed by atoms with E-state index in [1.165, 1.54) is 0 Å². The summed E-state index contributed by atoms with van der Waals surface area (Å²) >= 11 is 0. The Morgan fingerprint density at radius 1 is 0.848 bits per heavy atom. The summed E-state index contributed by atoms with van der Waals surface area (Å²) in [6.07, 6.45) is 2.79. The minimum Gasteiger partial charge on any atom is -0.476 e. The summed E-state index contributed by atoms with van der Waals surface area (Å²) in [4.78, 5) is 15.4. The van der Waals surface area contributed by atoms with Gasteiger partial charge in [-0.05, 0) is 67.9 Å². The van der Waals surface area contributed by atoms with E-state index in [0.717, 1.165) is 28.8 Å². The largest absolute Gasteiger partial charge is 0.476 e. The number of nitrogens with zero attached hydrogens (tertiary/aromatic N) is 3. The second-order valence-corrected chi connectivity index (χ2v) is 7.89. The summed E-state index contributed by atoms with van der Waals surface area (Å²) < 4.78 is 11.0. The number of piperidine rings is 1.